The molecule has 2 aromatic carbocycles. The number of rotatable bonds is 3. The Morgan fingerprint density at radius 2 is 1.50 bits per heavy atom. The first-order chi connectivity index (χ1) is 15.4. The molecule has 1 amide bonds. The predicted molar refractivity (Wildman–Crippen MR) is 114 cm³/mol. The van der Waals surface area contributed by atoms with E-state index in [0.29, 0.717) is 13.1 Å². The van der Waals surface area contributed by atoms with Gasteiger partial charge in [-0.3, -0.25) is 19.3 Å². The Morgan fingerprint density at radius 3 is 2.09 bits per heavy atom. The Bertz CT molecular complexity index is 1180. The molecule has 2 aliphatic heterocycles. The van der Waals surface area contributed by atoms with Crippen molar-refractivity contribution < 1.29 is 18.7 Å². The first-order valence-electron chi connectivity index (χ1n) is 10.5. The molecule has 3 aromatic rings. The third kappa shape index (κ3) is 3.32. The first kappa shape index (κ1) is 20.2. The second kappa shape index (κ2) is 7.78. The van der Waals surface area contributed by atoms with Crippen LogP contribution in [0.5, 0.6) is 5.75 Å². The number of pyridine rings is 1. The van der Waals surface area contributed by atoms with E-state index in [-0.39, 0.29) is 23.4 Å². The van der Waals surface area contributed by atoms with Crippen molar-refractivity contribution in [3.05, 3.63) is 99.5 Å². The van der Waals surface area contributed by atoms with Crippen molar-refractivity contribution in [2.24, 2.45) is 0 Å². The maximum atomic E-state index is 13.7. The van der Waals surface area contributed by atoms with Crippen LogP contribution in [0.15, 0.2) is 65.6 Å². The molecule has 164 valence electrons. The summed E-state index contributed by atoms with van der Waals surface area (Å²) < 4.78 is 28.9. The molecule has 0 aliphatic carbocycles. The fraction of sp³-hybridized carbons (Fsp3) is 0.250. The maximum Gasteiger partial charge on any atom is 0.276 e. The van der Waals surface area contributed by atoms with Gasteiger partial charge in [0.05, 0.1) is 18.6 Å². The molecule has 1 fully saturated rings. The largest absolute Gasteiger partial charge is 0.502 e. The number of hydrogen-bond donors (Lipinski definition) is 1. The number of fused-ring (bicyclic) bond motifs is 2. The average molecular weight is 437 g/mol. The maximum absolute atomic E-state index is 13.7. The van der Waals surface area contributed by atoms with E-state index in [2.05, 4.69) is 0 Å². The first-order valence-corrected chi connectivity index (χ1v) is 10.5. The molecular weight excluding hydrogens is 416 g/mol. The molecular formula is C24H21F2N3O3. The zero-order valence-corrected chi connectivity index (χ0v) is 17.1. The van der Waals surface area contributed by atoms with Gasteiger partial charge in [-0.25, -0.2) is 8.78 Å². The number of halogens is 2. The van der Waals surface area contributed by atoms with Crippen LogP contribution in [0.4, 0.5) is 8.78 Å². The smallest absolute Gasteiger partial charge is 0.276 e. The zero-order valence-electron chi connectivity index (χ0n) is 17.1. The Kier molecular flexibility index (Phi) is 4.92. The molecule has 6 nitrogen and oxygen atoms in total. The summed E-state index contributed by atoms with van der Waals surface area (Å²) in [6.07, 6.45) is 3.07. The lowest BCUT2D eigenvalue weighted by Gasteiger charge is -2.37. The highest BCUT2D eigenvalue weighted by Crippen LogP contribution is 2.34. The quantitative estimate of drug-likeness (QED) is 0.684. The summed E-state index contributed by atoms with van der Waals surface area (Å²) in [5.74, 6) is -1.78. The lowest BCUT2D eigenvalue weighted by atomic mass is 9.97. The minimum atomic E-state index is -0.637. The third-order valence-electron chi connectivity index (χ3n) is 6.24. The van der Waals surface area contributed by atoms with Gasteiger partial charge in [0, 0.05) is 18.8 Å². The zero-order chi connectivity index (χ0) is 22.4. The Hall–Kier alpha value is -3.68. The monoisotopic (exact) mass is 437 g/mol. The molecule has 1 N–H and O–H groups in total. The summed E-state index contributed by atoms with van der Waals surface area (Å²) in [6.45, 7) is 0.956. The van der Waals surface area contributed by atoms with Gasteiger partial charge in [0.15, 0.2) is 11.4 Å². The van der Waals surface area contributed by atoms with Crippen LogP contribution in [-0.4, -0.2) is 39.7 Å². The van der Waals surface area contributed by atoms with Gasteiger partial charge >= 0.3 is 0 Å². The van der Waals surface area contributed by atoms with Crippen LogP contribution in [0.3, 0.4) is 0 Å². The summed E-state index contributed by atoms with van der Waals surface area (Å²) in [6, 6.07) is 12.5. The molecule has 2 aliphatic rings. The number of carbonyl (C=O) groups is 1. The summed E-state index contributed by atoms with van der Waals surface area (Å²) in [4.78, 5) is 27.2. The Morgan fingerprint density at radius 1 is 0.906 bits per heavy atom. The van der Waals surface area contributed by atoms with Crippen LogP contribution in [0, 0.1) is 11.6 Å². The van der Waals surface area contributed by atoms with Crippen LogP contribution < -0.4 is 10.4 Å². The van der Waals surface area contributed by atoms with E-state index >= 15 is 0 Å². The second-order valence-corrected chi connectivity index (χ2v) is 8.14. The molecule has 1 saturated heterocycles. The number of aromatic hydroxyl groups is 1. The highest BCUT2D eigenvalue weighted by atomic mass is 19.1. The minimum absolute atomic E-state index is 0.101. The van der Waals surface area contributed by atoms with Crippen molar-refractivity contribution in [1.82, 2.24) is 9.58 Å². The van der Waals surface area contributed by atoms with Crippen LogP contribution in [-0.2, 0) is 0 Å². The van der Waals surface area contributed by atoms with Gasteiger partial charge in [0.25, 0.3) is 5.91 Å². The van der Waals surface area contributed by atoms with Crippen molar-refractivity contribution in [3.63, 3.8) is 0 Å². The van der Waals surface area contributed by atoms with E-state index in [1.54, 1.807) is 29.2 Å². The van der Waals surface area contributed by atoms with Gasteiger partial charge in [0.1, 0.15) is 11.6 Å². The number of carbonyl (C=O) groups excluding carboxylic acids is 1. The number of hydrogen-bond acceptors (Lipinski definition) is 4. The fourth-order valence-corrected chi connectivity index (χ4v) is 4.72. The van der Waals surface area contributed by atoms with Gasteiger partial charge in [-0.1, -0.05) is 24.3 Å². The molecule has 0 radical (unpaired) electrons. The molecule has 32 heavy (non-hydrogen) atoms. The van der Waals surface area contributed by atoms with Gasteiger partial charge < -0.3 is 10.0 Å². The van der Waals surface area contributed by atoms with Crippen molar-refractivity contribution in [2.75, 3.05) is 18.1 Å². The average Bonchev–Trinajstić information content (AvgIpc) is 3.21. The van der Waals surface area contributed by atoms with E-state index in [1.807, 2.05) is 5.01 Å². The Labute approximate surface area is 182 Å². The summed E-state index contributed by atoms with van der Waals surface area (Å²) in [7, 11) is 0. The van der Waals surface area contributed by atoms with Crippen molar-refractivity contribution in [3.8, 4) is 5.75 Å². The van der Waals surface area contributed by atoms with E-state index in [1.165, 1.54) is 41.2 Å². The van der Waals surface area contributed by atoms with E-state index in [0.717, 1.165) is 24.0 Å². The van der Waals surface area contributed by atoms with Crippen LogP contribution >= 0.6 is 0 Å². The number of amides is 1. The highest BCUT2D eigenvalue weighted by molar-refractivity contribution is 5.96. The van der Waals surface area contributed by atoms with Crippen LogP contribution in [0.2, 0.25) is 0 Å². The van der Waals surface area contributed by atoms with Crippen molar-refractivity contribution in [1.29, 1.82) is 0 Å². The van der Waals surface area contributed by atoms with E-state index in [4.69, 9.17) is 0 Å². The lowest BCUT2D eigenvalue weighted by Crippen LogP contribution is -2.45. The summed E-state index contributed by atoms with van der Waals surface area (Å²) in [5, 5.41) is 12.4. The number of benzene rings is 2. The van der Waals surface area contributed by atoms with Gasteiger partial charge in [-0.15, -0.1) is 0 Å². The van der Waals surface area contributed by atoms with E-state index < -0.39 is 23.1 Å². The minimum Gasteiger partial charge on any atom is -0.502 e. The molecule has 0 spiro atoms. The molecule has 8 heteroatoms. The molecule has 0 saturated carbocycles. The van der Waals surface area contributed by atoms with Crippen LogP contribution in [0.1, 0.15) is 40.5 Å². The standard InChI is InChI=1S/C24H21F2N3O3/c25-17-7-3-15(4-8-17)21(16-5-9-18(26)10-6-16)29-14-19-2-1-12-27(19)24(32)22-23(31)20(30)11-13-28(22)29/h3-11,13,19,21,31H,1-2,12,14H2/t19-/m1/s1. The topological polar surface area (TPSA) is 65.8 Å². The normalized spacial score (nSPS) is 18.0. The lowest BCUT2D eigenvalue weighted by molar-refractivity contribution is 0.0741. The van der Waals surface area contributed by atoms with Crippen LogP contribution in [0.25, 0.3) is 0 Å². The SMILES string of the molecule is O=C1c2c(O)c(=O)ccn2N(C(c2ccc(F)cc2)c2ccc(F)cc2)C[C@H]2CCCN12. The molecule has 0 bridgehead atoms. The van der Waals surface area contributed by atoms with Gasteiger partial charge in [-0.2, -0.15) is 0 Å². The second-order valence-electron chi connectivity index (χ2n) is 8.14. The Balaban J connectivity index is 1.74. The predicted octanol–water partition coefficient (Wildman–Crippen LogP) is 3.18. The molecule has 3 heterocycles. The van der Waals surface area contributed by atoms with E-state index in [9.17, 15) is 23.5 Å². The summed E-state index contributed by atoms with van der Waals surface area (Å²) in [5.41, 5.74) is 0.709. The summed E-state index contributed by atoms with van der Waals surface area (Å²) >= 11 is 0. The number of aromatic nitrogens is 1. The fourth-order valence-electron chi connectivity index (χ4n) is 4.72. The number of nitrogens with zero attached hydrogens (tertiary/aromatic N) is 3. The third-order valence-corrected chi connectivity index (χ3v) is 6.24. The van der Waals surface area contributed by atoms with Gasteiger partial charge in [0.2, 0.25) is 5.43 Å². The van der Waals surface area contributed by atoms with Gasteiger partial charge in [-0.05, 0) is 48.2 Å². The molecule has 0 unspecified atom stereocenters. The molecule has 1 atom stereocenters. The molecule has 1 aromatic heterocycles. The van der Waals surface area contributed by atoms with Crippen molar-refractivity contribution in [2.45, 2.75) is 24.9 Å². The highest BCUT2D eigenvalue weighted by Gasteiger charge is 2.40. The van der Waals surface area contributed by atoms with Crippen molar-refractivity contribution >= 4 is 5.91 Å². The molecule has 5 rings (SSSR count).